The van der Waals surface area contributed by atoms with Crippen LogP contribution >= 0.6 is 0 Å². The maximum atomic E-state index is 12.5. The molecule has 0 radical (unpaired) electrons. The first-order valence-electron chi connectivity index (χ1n) is 7.49. The molecule has 1 fully saturated rings. The Morgan fingerprint density at radius 1 is 1.09 bits per heavy atom. The van der Waals surface area contributed by atoms with E-state index in [4.69, 9.17) is 0 Å². The molecule has 0 aliphatic heterocycles. The lowest BCUT2D eigenvalue weighted by Crippen LogP contribution is -2.38. The van der Waals surface area contributed by atoms with Crippen LogP contribution in [0.15, 0.2) is 16.9 Å². The van der Waals surface area contributed by atoms with Crippen molar-refractivity contribution in [2.24, 2.45) is 0 Å². The predicted molar refractivity (Wildman–Crippen MR) is 75.6 cm³/mol. The third-order valence-corrected chi connectivity index (χ3v) is 3.90. The number of hydrogen-bond acceptors (Lipinski definition) is 2. The van der Waals surface area contributed by atoms with Crippen molar-refractivity contribution in [3.63, 3.8) is 0 Å². The average molecular weight is 316 g/mol. The van der Waals surface area contributed by atoms with Gasteiger partial charge in [0.1, 0.15) is 11.3 Å². The molecule has 0 unspecified atom stereocenters. The van der Waals surface area contributed by atoms with Crippen molar-refractivity contribution in [3.05, 3.63) is 33.7 Å². The Labute approximate surface area is 126 Å². The fraction of sp³-hybridized carbons (Fsp3) is 0.600. The molecule has 1 aromatic rings. The van der Waals surface area contributed by atoms with E-state index < -0.39 is 23.3 Å². The van der Waals surface area contributed by atoms with Gasteiger partial charge in [0.2, 0.25) is 0 Å². The summed E-state index contributed by atoms with van der Waals surface area (Å²) in [5, 5.41) is 2.76. The highest BCUT2D eigenvalue weighted by Crippen LogP contribution is 2.26. The molecule has 1 aliphatic carbocycles. The van der Waals surface area contributed by atoms with E-state index in [0.717, 1.165) is 44.6 Å². The van der Waals surface area contributed by atoms with Crippen LogP contribution in [0.4, 0.5) is 13.2 Å². The van der Waals surface area contributed by atoms with Crippen molar-refractivity contribution in [1.82, 2.24) is 10.3 Å². The van der Waals surface area contributed by atoms with E-state index in [9.17, 15) is 22.8 Å². The second-order valence-electron chi connectivity index (χ2n) is 5.63. The summed E-state index contributed by atoms with van der Waals surface area (Å²) in [5.74, 6) is -0.611. The van der Waals surface area contributed by atoms with Crippen LogP contribution in [0, 0.1) is 0 Å². The van der Waals surface area contributed by atoms with Gasteiger partial charge in [0, 0.05) is 6.04 Å². The van der Waals surface area contributed by atoms with Crippen molar-refractivity contribution in [2.45, 2.75) is 57.2 Å². The lowest BCUT2D eigenvalue weighted by Gasteiger charge is -2.20. The summed E-state index contributed by atoms with van der Waals surface area (Å²) in [6.07, 6.45) is 2.49. The zero-order valence-electron chi connectivity index (χ0n) is 12.1. The largest absolute Gasteiger partial charge is 0.431 e. The molecule has 0 spiro atoms. The van der Waals surface area contributed by atoms with E-state index in [1.165, 1.54) is 6.42 Å². The standard InChI is InChI=1S/C15H19F3N2O2/c16-15(17,18)12-9-8-11(14(22)20-12)13(21)19-10-6-4-2-1-3-5-7-10/h8-10H,1-7H2,(H,19,21)(H,20,22). The number of alkyl halides is 3. The highest BCUT2D eigenvalue weighted by molar-refractivity contribution is 5.94. The summed E-state index contributed by atoms with van der Waals surface area (Å²) >= 11 is 0. The molecule has 7 heteroatoms. The van der Waals surface area contributed by atoms with Gasteiger partial charge in [-0.1, -0.05) is 32.1 Å². The molecule has 1 aromatic heterocycles. The number of hydrogen-bond donors (Lipinski definition) is 2. The Kier molecular flexibility index (Phi) is 5.26. The van der Waals surface area contributed by atoms with Crippen molar-refractivity contribution in [1.29, 1.82) is 0 Å². The predicted octanol–water partition coefficient (Wildman–Crippen LogP) is 3.24. The molecule has 0 bridgehead atoms. The number of carbonyl (C=O) groups is 1. The topological polar surface area (TPSA) is 62.0 Å². The molecule has 0 saturated heterocycles. The molecule has 0 aromatic carbocycles. The lowest BCUT2D eigenvalue weighted by atomic mass is 9.96. The number of nitrogens with one attached hydrogen (secondary N) is 2. The molecule has 1 amide bonds. The van der Waals surface area contributed by atoms with E-state index in [-0.39, 0.29) is 11.6 Å². The van der Waals surface area contributed by atoms with Gasteiger partial charge in [-0.2, -0.15) is 13.2 Å². The van der Waals surface area contributed by atoms with E-state index >= 15 is 0 Å². The Balaban J connectivity index is 2.07. The lowest BCUT2D eigenvalue weighted by molar-refractivity contribution is -0.141. The molecule has 1 aliphatic rings. The Morgan fingerprint density at radius 2 is 1.68 bits per heavy atom. The molecule has 2 N–H and O–H groups in total. The summed E-state index contributed by atoms with van der Waals surface area (Å²) in [7, 11) is 0. The second kappa shape index (κ2) is 6.98. The van der Waals surface area contributed by atoms with Crippen molar-refractivity contribution >= 4 is 5.91 Å². The maximum Gasteiger partial charge on any atom is 0.431 e. The number of aromatic nitrogens is 1. The van der Waals surface area contributed by atoms with E-state index in [1.54, 1.807) is 4.98 Å². The minimum atomic E-state index is -4.63. The summed E-state index contributed by atoms with van der Waals surface area (Å²) in [6, 6.07) is 1.63. The first-order chi connectivity index (χ1) is 10.4. The number of aromatic amines is 1. The smallest absolute Gasteiger partial charge is 0.349 e. The Hall–Kier alpha value is -1.79. The normalized spacial score (nSPS) is 17.6. The number of carbonyl (C=O) groups excluding carboxylic acids is 1. The second-order valence-corrected chi connectivity index (χ2v) is 5.63. The molecule has 22 heavy (non-hydrogen) atoms. The summed E-state index contributed by atoms with van der Waals surface area (Å²) in [4.78, 5) is 25.5. The van der Waals surface area contributed by atoms with Crippen LogP contribution in [0.25, 0.3) is 0 Å². The average Bonchev–Trinajstić information content (AvgIpc) is 2.40. The van der Waals surface area contributed by atoms with Gasteiger partial charge in [0.15, 0.2) is 0 Å². The van der Waals surface area contributed by atoms with Gasteiger partial charge in [-0.25, -0.2) is 0 Å². The van der Waals surface area contributed by atoms with Crippen LogP contribution in [0.5, 0.6) is 0 Å². The van der Waals surface area contributed by atoms with Crippen LogP contribution in [0.3, 0.4) is 0 Å². The quantitative estimate of drug-likeness (QED) is 0.880. The summed E-state index contributed by atoms with van der Waals surface area (Å²) in [5.41, 5.74) is -2.45. The van der Waals surface area contributed by atoms with Gasteiger partial charge in [0.05, 0.1) is 0 Å². The molecule has 0 atom stereocenters. The van der Waals surface area contributed by atoms with Crippen LogP contribution in [0.2, 0.25) is 0 Å². The number of pyridine rings is 1. The monoisotopic (exact) mass is 316 g/mol. The Morgan fingerprint density at radius 3 is 2.23 bits per heavy atom. The third-order valence-electron chi connectivity index (χ3n) is 3.90. The van der Waals surface area contributed by atoms with E-state index in [2.05, 4.69) is 5.32 Å². The van der Waals surface area contributed by atoms with Crippen molar-refractivity contribution < 1.29 is 18.0 Å². The highest BCUT2D eigenvalue weighted by atomic mass is 19.4. The van der Waals surface area contributed by atoms with Gasteiger partial charge >= 0.3 is 6.18 Å². The van der Waals surface area contributed by atoms with Crippen molar-refractivity contribution in [3.8, 4) is 0 Å². The van der Waals surface area contributed by atoms with Crippen LogP contribution in [-0.4, -0.2) is 16.9 Å². The van der Waals surface area contributed by atoms with Crippen LogP contribution in [-0.2, 0) is 6.18 Å². The fourth-order valence-electron chi connectivity index (χ4n) is 2.68. The number of amides is 1. The third kappa shape index (κ3) is 4.35. The molecular weight excluding hydrogens is 297 g/mol. The minimum Gasteiger partial charge on any atom is -0.349 e. The Bertz CT molecular complexity index is 573. The fourth-order valence-corrected chi connectivity index (χ4v) is 2.68. The number of halogens is 3. The van der Waals surface area contributed by atoms with Gasteiger partial charge in [-0.15, -0.1) is 0 Å². The van der Waals surface area contributed by atoms with Gasteiger partial charge in [-0.3, -0.25) is 9.59 Å². The number of H-pyrrole nitrogens is 1. The molecule has 4 nitrogen and oxygen atoms in total. The van der Waals surface area contributed by atoms with Crippen LogP contribution in [0.1, 0.15) is 61.0 Å². The molecule has 1 saturated carbocycles. The molecule has 122 valence electrons. The molecular formula is C15H19F3N2O2. The summed E-state index contributed by atoms with van der Waals surface area (Å²) < 4.78 is 37.5. The zero-order chi connectivity index (χ0) is 16.2. The first-order valence-corrected chi connectivity index (χ1v) is 7.49. The highest BCUT2D eigenvalue weighted by Gasteiger charge is 2.32. The maximum absolute atomic E-state index is 12.5. The van der Waals surface area contributed by atoms with Crippen molar-refractivity contribution in [2.75, 3.05) is 0 Å². The first kappa shape index (κ1) is 16.6. The zero-order valence-corrected chi connectivity index (χ0v) is 12.1. The van der Waals surface area contributed by atoms with E-state index in [1.807, 2.05) is 0 Å². The van der Waals surface area contributed by atoms with Gasteiger partial charge in [-0.05, 0) is 25.0 Å². The molecule has 2 rings (SSSR count). The van der Waals surface area contributed by atoms with Gasteiger partial charge < -0.3 is 10.3 Å². The van der Waals surface area contributed by atoms with E-state index in [0.29, 0.717) is 6.07 Å². The van der Waals surface area contributed by atoms with Gasteiger partial charge in [0.25, 0.3) is 11.5 Å². The SMILES string of the molecule is O=C(NC1CCCCCCC1)c1ccc(C(F)(F)F)[nH]c1=O. The van der Waals surface area contributed by atoms with Crippen LogP contribution < -0.4 is 10.9 Å². The molecule has 1 heterocycles. The summed E-state index contributed by atoms with van der Waals surface area (Å²) in [6.45, 7) is 0. The number of rotatable bonds is 2. The minimum absolute atomic E-state index is 0.0190.